The number of para-hydroxylation sites is 2. The van der Waals surface area contributed by atoms with E-state index in [1.165, 1.54) is 0 Å². The largest absolute Gasteiger partial charge is 0.394 e. The van der Waals surface area contributed by atoms with E-state index < -0.39 is 14.4 Å². The second kappa shape index (κ2) is 10.9. The summed E-state index contributed by atoms with van der Waals surface area (Å²) in [5.74, 6) is 0.0931. The fourth-order valence-electron chi connectivity index (χ4n) is 5.51. The zero-order chi connectivity index (χ0) is 26.7. The monoisotopic (exact) mass is 525 g/mol. The second-order valence-electron chi connectivity index (χ2n) is 10.2. The molecule has 192 valence electrons. The Morgan fingerprint density at radius 1 is 0.692 bits per heavy atom. The molecule has 5 aromatic carbocycles. The van der Waals surface area contributed by atoms with Gasteiger partial charge in [-0.1, -0.05) is 127 Å². The highest BCUT2D eigenvalue weighted by Crippen LogP contribution is 2.34. The maximum atomic E-state index is 14.2. The van der Waals surface area contributed by atoms with Crippen LogP contribution in [0.15, 0.2) is 133 Å². The molecule has 1 unspecified atom stereocenters. The summed E-state index contributed by atoms with van der Waals surface area (Å²) in [5.41, 5.74) is 4.07. The number of nitrogens with one attached hydrogen (secondary N) is 1. The molecule has 1 atom stereocenters. The van der Waals surface area contributed by atoms with Crippen LogP contribution in [0.2, 0.25) is 6.55 Å². The summed E-state index contributed by atoms with van der Waals surface area (Å²) in [6, 6.07) is 45.5. The summed E-state index contributed by atoms with van der Waals surface area (Å²) in [6.07, 6.45) is 0.374. The number of carbonyl (C=O) groups is 1. The zero-order valence-corrected chi connectivity index (χ0v) is 23.0. The minimum absolute atomic E-state index is 0.0931. The number of benzene rings is 5. The van der Waals surface area contributed by atoms with Crippen LogP contribution in [0.1, 0.15) is 23.7 Å². The van der Waals surface area contributed by atoms with E-state index in [0.717, 1.165) is 43.3 Å². The molecule has 3 nitrogen and oxygen atoms in total. The van der Waals surface area contributed by atoms with Crippen molar-refractivity contribution in [3.63, 3.8) is 0 Å². The highest BCUT2D eigenvalue weighted by atomic mass is 28.4. The van der Waals surface area contributed by atoms with E-state index in [2.05, 4.69) is 96.5 Å². The first kappa shape index (κ1) is 25.0. The van der Waals surface area contributed by atoms with Gasteiger partial charge in [0.05, 0.1) is 5.52 Å². The minimum atomic E-state index is -2.78. The number of hydrogen-bond acceptors (Lipinski definition) is 2. The third-order valence-electron chi connectivity index (χ3n) is 7.65. The van der Waals surface area contributed by atoms with Crippen molar-refractivity contribution in [1.82, 2.24) is 4.98 Å². The first-order valence-electron chi connectivity index (χ1n) is 13.5. The number of aromatic amines is 1. The molecule has 0 aliphatic heterocycles. The lowest BCUT2D eigenvalue weighted by molar-refractivity contribution is -0.126. The van der Waals surface area contributed by atoms with E-state index in [1.54, 1.807) is 0 Å². The van der Waals surface area contributed by atoms with Crippen molar-refractivity contribution in [3.8, 4) is 0 Å². The predicted molar refractivity (Wildman–Crippen MR) is 163 cm³/mol. The Balaban J connectivity index is 1.48. The molecule has 6 aromatic rings. The maximum Gasteiger partial charge on any atom is 0.254 e. The standard InChI is InChI=1S/C35H31NO2Si/c1-39(27-16-7-3-8-17-27,28-18-9-4-10-19-28)38-35(33(37)25-24-26-14-5-2-6-15-26)31-22-13-21-30-29-20-11-12-23-32(29)36-34(30)31/h2-23,35-36H,24-25H2,1H3. The molecule has 0 saturated carbocycles. The lowest BCUT2D eigenvalue weighted by Crippen LogP contribution is -2.59. The summed E-state index contributed by atoms with van der Waals surface area (Å²) in [4.78, 5) is 17.8. The van der Waals surface area contributed by atoms with Gasteiger partial charge in [0.2, 0.25) is 0 Å². The quantitative estimate of drug-likeness (QED) is 0.207. The molecule has 0 aliphatic carbocycles. The van der Waals surface area contributed by atoms with E-state index in [0.29, 0.717) is 12.8 Å². The molecule has 0 bridgehead atoms. The fourth-order valence-corrected chi connectivity index (χ4v) is 8.50. The SMILES string of the molecule is C[Si](OC(C(=O)CCc1ccccc1)c1cccc2c1[nH]c1ccccc12)(c1ccccc1)c1ccccc1. The first-order valence-corrected chi connectivity index (χ1v) is 15.9. The normalized spacial score (nSPS) is 12.5. The average molecular weight is 526 g/mol. The number of aromatic nitrogens is 1. The van der Waals surface area contributed by atoms with Crippen LogP contribution in [0, 0.1) is 0 Å². The number of hydrogen-bond donors (Lipinski definition) is 1. The van der Waals surface area contributed by atoms with Gasteiger partial charge in [-0.15, -0.1) is 0 Å². The molecule has 1 N–H and O–H groups in total. The van der Waals surface area contributed by atoms with Crippen LogP contribution < -0.4 is 10.4 Å². The molecular weight excluding hydrogens is 494 g/mol. The van der Waals surface area contributed by atoms with Gasteiger partial charge in [-0.25, -0.2) is 0 Å². The van der Waals surface area contributed by atoms with Crippen molar-refractivity contribution < 1.29 is 9.22 Å². The van der Waals surface area contributed by atoms with Gasteiger partial charge in [0, 0.05) is 28.3 Å². The molecule has 0 spiro atoms. The van der Waals surface area contributed by atoms with Crippen molar-refractivity contribution >= 4 is 46.3 Å². The highest BCUT2D eigenvalue weighted by Gasteiger charge is 2.39. The van der Waals surface area contributed by atoms with Gasteiger partial charge in [-0.3, -0.25) is 4.79 Å². The van der Waals surface area contributed by atoms with Gasteiger partial charge in [-0.2, -0.15) is 0 Å². The van der Waals surface area contributed by atoms with Crippen LogP contribution in [0.5, 0.6) is 0 Å². The van der Waals surface area contributed by atoms with Gasteiger partial charge in [-0.05, 0) is 35.0 Å². The fraction of sp³-hybridized carbons (Fsp3) is 0.114. The van der Waals surface area contributed by atoms with E-state index >= 15 is 0 Å². The molecule has 0 radical (unpaired) electrons. The Hall–Kier alpha value is -4.25. The van der Waals surface area contributed by atoms with Gasteiger partial charge in [0.1, 0.15) is 6.10 Å². The van der Waals surface area contributed by atoms with Crippen LogP contribution in [0.3, 0.4) is 0 Å². The van der Waals surface area contributed by atoms with Crippen molar-refractivity contribution in [2.75, 3.05) is 0 Å². The Bertz CT molecular complexity index is 1670. The highest BCUT2D eigenvalue weighted by molar-refractivity contribution is 6.96. The lowest BCUT2D eigenvalue weighted by Gasteiger charge is -2.33. The van der Waals surface area contributed by atoms with E-state index in [1.807, 2.05) is 48.5 Å². The van der Waals surface area contributed by atoms with E-state index in [9.17, 15) is 4.79 Å². The van der Waals surface area contributed by atoms with Crippen LogP contribution in [-0.4, -0.2) is 19.1 Å². The Morgan fingerprint density at radius 2 is 1.26 bits per heavy atom. The summed E-state index contributed by atoms with van der Waals surface area (Å²) in [7, 11) is -2.78. The number of H-pyrrole nitrogens is 1. The summed E-state index contributed by atoms with van der Waals surface area (Å²) >= 11 is 0. The summed E-state index contributed by atoms with van der Waals surface area (Å²) < 4.78 is 7.22. The molecule has 1 heterocycles. The van der Waals surface area contributed by atoms with Gasteiger partial charge < -0.3 is 9.41 Å². The van der Waals surface area contributed by atoms with Crippen LogP contribution in [0.25, 0.3) is 21.8 Å². The van der Waals surface area contributed by atoms with Crippen molar-refractivity contribution in [2.24, 2.45) is 0 Å². The molecule has 0 fully saturated rings. The number of Topliss-reactive ketones (excluding diaryl/α,β-unsaturated/α-hetero) is 1. The average Bonchev–Trinajstić information content (AvgIpc) is 3.39. The molecule has 0 amide bonds. The number of fused-ring (bicyclic) bond motifs is 3. The third-order valence-corrected chi connectivity index (χ3v) is 11.2. The molecule has 1 aromatic heterocycles. The van der Waals surface area contributed by atoms with Crippen LogP contribution >= 0.6 is 0 Å². The molecule has 39 heavy (non-hydrogen) atoms. The van der Waals surface area contributed by atoms with Crippen molar-refractivity contribution in [3.05, 3.63) is 145 Å². The number of carbonyl (C=O) groups excluding carboxylic acids is 1. The predicted octanol–water partition coefficient (Wildman–Crippen LogP) is 6.97. The van der Waals surface area contributed by atoms with Gasteiger partial charge in [0.25, 0.3) is 8.32 Å². The summed E-state index contributed by atoms with van der Waals surface area (Å²) in [5, 5.41) is 4.54. The van der Waals surface area contributed by atoms with Crippen molar-refractivity contribution in [2.45, 2.75) is 25.5 Å². The van der Waals surface area contributed by atoms with Crippen LogP contribution in [0.4, 0.5) is 0 Å². The van der Waals surface area contributed by atoms with Crippen LogP contribution in [-0.2, 0) is 15.6 Å². The number of rotatable bonds is 9. The Labute approximate surface area is 230 Å². The molecule has 0 aliphatic rings. The van der Waals surface area contributed by atoms with Gasteiger partial charge >= 0.3 is 0 Å². The Morgan fingerprint density at radius 3 is 1.92 bits per heavy atom. The van der Waals surface area contributed by atoms with Gasteiger partial charge in [0.15, 0.2) is 5.78 Å². The third kappa shape index (κ3) is 4.97. The van der Waals surface area contributed by atoms with Crippen molar-refractivity contribution in [1.29, 1.82) is 0 Å². The molecule has 0 saturated heterocycles. The molecule has 6 rings (SSSR count). The minimum Gasteiger partial charge on any atom is -0.394 e. The molecule has 4 heteroatoms. The number of ketones is 1. The smallest absolute Gasteiger partial charge is 0.254 e. The number of aryl methyl sites for hydroxylation is 1. The Kier molecular flexibility index (Phi) is 6.97. The second-order valence-corrected chi connectivity index (χ2v) is 13.6. The summed E-state index contributed by atoms with van der Waals surface area (Å²) in [6.45, 7) is 2.21. The lowest BCUT2D eigenvalue weighted by atomic mass is 9.98. The maximum absolute atomic E-state index is 14.2. The topological polar surface area (TPSA) is 42.1 Å². The van der Waals surface area contributed by atoms with E-state index in [4.69, 9.17) is 4.43 Å². The molecular formula is C35H31NO2Si. The first-order chi connectivity index (χ1) is 19.1. The zero-order valence-electron chi connectivity index (χ0n) is 22.0. The van der Waals surface area contributed by atoms with E-state index in [-0.39, 0.29) is 5.78 Å².